The van der Waals surface area contributed by atoms with Crippen LogP contribution in [0.15, 0.2) is 12.4 Å². The third-order valence-electron chi connectivity index (χ3n) is 2.97. The summed E-state index contributed by atoms with van der Waals surface area (Å²) < 4.78 is 11.0. The van der Waals surface area contributed by atoms with Gasteiger partial charge in [-0.25, -0.2) is 14.8 Å². The molecule has 1 fully saturated rings. The van der Waals surface area contributed by atoms with E-state index in [4.69, 9.17) is 14.6 Å². The minimum atomic E-state index is -1.08. The van der Waals surface area contributed by atoms with Crippen LogP contribution in [0.1, 0.15) is 29.8 Å². The topological polar surface area (TPSA) is 93.6 Å². The highest BCUT2D eigenvalue weighted by Gasteiger charge is 2.14. The molecule has 0 spiro atoms. The lowest BCUT2D eigenvalue weighted by atomic mass is 10.2. The number of carboxylic acids is 1. The van der Waals surface area contributed by atoms with E-state index in [-0.39, 0.29) is 11.8 Å². The molecule has 1 aromatic heterocycles. The molecule has 1 unspecified atom stereocenters. The quantitative estimate of drug-likeness (QED) is 0.691. The van der Waals surface area contributed by atoms with Gasteiger partial charge >= 0.3 is 5.97 Å². The zero-order valence-electron chi connectivity index (χ0n) is 11.2. The maximum atomic E-state index is 10.6. The lowest BCUT2D eigenvalue weighted by molar-refractivity contribution is 0.0172. The van der Waals surface area contributed by atoms with Crippen molar-refractivity contribution in [1.29, 1.82) is 0 Å². The third kappa shape index (κ3) is 4.75. The predicted octanol–water partition coefficient (Wildman–Crippen LogP) is 1.17. The lowest BCUT2D eigenvalue weighted by Crippen LogP contribution is -2.16. The van der Waals surface area contributed by atoms with E-state index in [0.29, 0.717) is 25.6 Å². The van der Waals surface area contributed by atoms with Crippen molar-refractivity contribution in [3.8, 4) is 0 Å². The zero-order valence-corrected chi connectivity index (χ0v) is 11.2. The lowest BCUT2D eigenvalue weighted by Gasteiger charge is -2.10. The molecule has 0 aliphatic carbocycles. The van der Waals surface area contributed by atoms with Gasteiger partial charge in [-0.3, -0.25) is 0 Å². The maximum Gasteiger partial charge on any atom is 0.356 e. The summed E-state index contributed by atoms with van der Waals surface area (Å²) in [7, 11) is 0. The molecule has 1 saturated heterocycles. The molecule has 1 aromatic rings. The van der Waals surface area contributed by atoms with Crippen LogP contribution >= 0.6 is 0 Å². The highest BCUT2D eigenvalue weighted by Crippen LogP contribution is 2.11. The number of carbonyl (C=O) groups is 1. The van der Waals surface area contributed by atoms with Gasteiger partial charge in [0.1, 0.15) is 5.82 Å². The summed E-state index contributed by atoms with van der Waals surface area (Å²) in [6.45, 7) is 2.87. The van der Waals surface area contributed by atoms with Gasteiger partial charge in [-0.05, 0) is 19.3 Å². The Hall–Kier alpha value is -1.73. The van der Waals surface area contributed by atoms with Gasteiger partial charge in [0.2, 0.25) is 0 Å². The number of anilines is 1. The second kappa shape index (κ2) is 7.76. The Morgan fingerprint density at radius 3 is 3.05 bits per heavy atom. The van der Waals surface area contributed by atoms with Gasteiger partial charge in [-0.1, -0.05) is 0 Å². The number of nitrogens with zero attached hydrogens (tertiary/aromatic N) is 2. The highest BCUT2D eigenvalue weighted by atomic mass is 16.5. The van der Waals surface area contributed by atoms with Gasteiger partial charge < -0.3 is 19.9 Å². The normalized spacial score (nSPS) is 18.1. The standard InChI is InChI=1S/C13H19N3O4/c17-13(18)11-7-16-12(8-15-11)14-4-2-5-19-9-10-3-1-6-20-10/h7-8,10H,1-6,9H2,(H,14,16)(H,17,18). The Morgan fingerprint density at radius 2 is 2.40 bits per heavy atom. The van der Waals surface area contributed by atoms with Crippen LogP contribution in [0.25, 0.3) is 0 Å². The van der Waals surface area contributed by atoms with Crippen LogP contribution in [0, 0.1) is 0 Å². The maximum absolute atomic E-state index is 10.6. The Labute approximate surface area is 117 Å². The van der Waals surface area contributed by atoms with Crippen molar-refractivity contribution in [1.82, 2.24) is 9.97 Å². The fourth-order valence-electron chi connectivity index (χ4n) is 1.91. The Morgan fingerprint density at radius 1 is 1.50 bits per heavy atom. The van der Waals surface area contributed by atoms with Crippen LogP contribution in [0.5, 0.6) is 0 Å². The molecule has 1 atom stereocenters. The molecule has 7 nitrogen and oxygen atoms in total. The molecule has 1 aliphatic heterocycles. The smallest absolute Gasteiger partial charge is 0.356 e. The number of nitrogens with one attached hydrogen (secondary N) is 1. The number of ether oxygens (including phenoxy) is 2. The van der Waals surface area contributed by atoms with Crippen LogP contribution < -0.4 is 5.32 Å². The first-order valence-electron chi connectivity index (χ1n) is 6.74. The van der Waals surface area contributed by atoms with Gasteiger partial charge in [-0.15, -0.1) is 0 Å². The van der Waals surface area contributed by atoms with E-state index in [2.05, 4.69) is 15.3 Å². The summed E-state index contributed by atoms with van der Waals surface area (Å²) in [5.74, 6) is -0.513. The van der Waals surface area contributed by atoms with Gasteiger partial charge in [-0.2, -0.15) is 0 Å². The minimum absolute atomic E-state index is 0.0598. The number of aromatic nitrogens is 2. The SMILES string of the molecule is O=C(O)c1cnc(NCCCOCC2CCCO2)cn1. The van der Waals surface area contributed by atoms with Crippen molar-refractivity contribution in [3.05, 3.63) is 18.1 Å². The Bertz CT molecular complexity index is 418. The molecule has 110 valence electrons. The molecule has 0 saturated carbocycles. The summed E-state index contributed by atoms with van der Waals surface area (Å²) in [5, 5.41) is 11.8. The molecule has 7 heteroatoms. The van der Waals surface area contributed by atoms with E-state index in [1.54, 1.807) is 0 Å². The van der Waals surface area contributed by atoms with E-state index >= 15 is 0 Å². The van der Waals surface area contributed by atoms with E-state index in [9.17, 15) is 4.79 Å². The fraction of sp³-hybridized carbons (Fsp3) is 0.615. The first-order chi connectivity index (χ1) is 9.75. The van der Waals surface area contributed by atoms with Crippen molar-refractivity contribution in [3.63, 3.8) is 0 Å². The number of hydrogen-bond donors (Lipinski definition) is 2. The van der Waals surface area contributed by atoms with Crippen molar-refractivity contribution in [2.75, 3.05) is 31.7 Å². The monoisotopic (exact) mass is 281 g/mol. The van der Waals surface area contributed by atoms with E-state index < -0.39 is 5.97 Å². The molecule has 0 radical (unpaired) electrons. The van der Waals surface area contributed by atoms with Gasteiger partial charge in [0.15, 0.2) is 5.69 Å². The van der Waals surface area contributed by atoms with Gasteiger partial charge in [0.25, 0.3) is 0 Å². The van der Waals surface area contributed by atoms with Crippen molar-refractivity contribution in [2.24, 2.45) is 0 Å². The van der Waals surface area contributed by atoms with Crippen LogP contribution in [0.3, 0.4) is 0 Å². The second-order valence-corrected chi connectivity index (χ2v) is 4.58. The first-order valence-corrected chi connectivity index (χ1v) is 6.74. The summed E-state index contributed by atoms with van der Waals surface area (Å²) in [4.78, 5) is 18.3. The van der Waals surface area contributed by atoms with Crippen molar-refractivity contribution >= 4 is 11.8 Å². The van der Waals surface area contributed by atoms with E-state index in [1.807, 2.05) is 0 Å². The number of carboxylic acid groups (broad SMARTS) is 1. The average molecular weight is 281 g/mol. The molecule has 20 heavy (non-hydrogen) atoms. The Kier molecular flexibility index (Phi) is 5.69. The summed E-state index contributed by atoms with van der Waals surface area (Å²) in [6.07, 6.45) is 5.96. The highest BCUT2D eigenvalue weighted by molar-refractivity contribution is 5.84. The van der Waals surface area contributed by atoms with Crippen molar-refractivity contribution < 1.29 is 19.4 Å². The molecular weight excluding hydrogens is 262 g/mol. The van der Waals surface area contributed by atoms with E-state index in [0.717, 1.165) is 25.9 Å². The molecule has 2 rings (SSSR count). The Balaban J connectivity index is 1.55. The molecule has 2 heterocycles. The predicted molar refractivity (Wildman–Crippen MR) is 71.9 cm³/mol. The second-order valence-electron chi connectivity index (χ2n) is 4.58. The molecule has 1 aliphatic rings. The van der Waals surface area contributed by atoms with Crippen LogP contribution in [-0.2, 0) is 9.47 Å². The van der Waals surface area contributed by atoms with Gasteiger partial charge in [0, 0.05) is 19.8 Å². The molecule has 0 bridgehead atoms. The summed E-state index contributed by atoms with van der Waals surface area (Å²) in [5.41, 5.74) is -0.0598. The van der Waals surface area contributed by atoms with E-state index in [1.165, 1.54) is 12.4 Å². The van der Waals surface area contributed by atoms with Crippen LogP contribution in [0.4, 0.5) is 5.82 Å². The zero-order chi connectivity index (χ0) is 14.2. The summed E-state index contributed by atoms with van der Waals surface area (Å²) >= 11 is 0. The average Bonchev–Trinajstić information content (AvgIpc) is 2.96. The molecule has 0 aromatic carbocycles. The molecule has 0 amide bonds. The van der Waals surface area contributed by atoms with Crippen molar-refractivity contribution in [2.45, 2.75) is 25.4 Å². The largest absolute Gasteiger partial charge is 0.476 e. The molecular formula is C13H19N3O4. The van der Waals surface area contributed by atoms with Crippen LogP contribution in [-0.4, -0.2) is 53.5 Å². The van der Waals surface area contributed by atoms with Gasteiger partial charge in [0.05, 0.1) is 25.1 Å². The van der Waals surface area contributed by atoms with Crippen LogP contribution in [0.2, 0.25) is 0 Å². The third-order valence-corrected chi connectivity index (χ3v) is 2.97. The summed E-state index contributed by atoms with van der Waals surface area (Å²) in [6, 6.07) is 0. The fourth-order valence-corrected chi connectivity index (χ4v) is 1.91. The number of hydrogen-bond acceptors (Lipinski definition) is 6. The number of rotatable bonds is 8. The number of aromatic carboxylic acids is 1. The molecule has 2 N–H and O–H groups in total. The minimum Gasteiger partial charge on any atom is -0.476 e. The first kappa shape index (κ1) is 14.7.